The minimum Gasteiger partial charge on any atom is -0.346 e. The van der Waals surface area contributed by atoms with Gasteiger partial charge in [0.05, 0.1) is 0 Å². The Morgan fingerprint density at radius 3 is 2.23 bits per heavy atom. The predicted octanol–water partition coefficient (Wildman–Crippen LogP) is 3.39. The molecule has 3 rings (SSSR count). The summed E-state index contributed by atoms with van der Waals surface area (Å²) in [4.78, 5) is 16.9. The summed E-state index contributed by atoms with van der Waals surface area (Å²) in [5, 5.41) is 3.38. The molecule has 0 aliphatic carbocycles. The van der Waals surface area contributed by atoms with Crippen molar-refractivity contribution in [2.45, 2.75) is 19.9 Å². The SMILES string of the molecule is Cc1ccc(C(=O)NC(=S)N2CCN(C(C)c3ccccc3)CC2)cc1. The Labute approximate surface area is 160 Å². The number of benzene rings is 2. The molecule has 0 radical (unpaired) electrons. The third kappa shape index (κ3) is 4.48. The zero-order chi connectivity index (χ0) is 18.5. The van der Waals surface area contributed by atoms with Gasteiger partial charge in [-0.1, -0.05) is 48.0 Å². The summed E-state index contributed by atoms with van der Waals surface area (Å²) in [5.41, 5.74) is 3.10. The summed E-state index contributed by atoms with van der Waals surface area (Å²) in [6.45, 7) is 7.74. The molecule has 1 aliphatic heterocycles. The van der Waals surface area contributed by atoms with E-state index < -0.39 is 0 Å². The predicted molar refractivity (Wildman–Crippen MR) is 109 cm³/mol. The number of hydrogen-bond donors (Lipinski definition) is 1. The second-order valence-electron chi connectivity index (χ2n) is 6.73. The summed E-state index contributed by atoms with van der Waals surface area (Å²) in [5.74, 6) is -0.143. The van der Waals surface area contributed by atoms with E-state index in [1.54, 1.807) is 0 Å². The molecule has 0 spiro atoms. The Morgan fingerprint density at radius 1 is 1.00 bits per heavy atom. The van der Waals surface area contributed by atoms with Crippen LogP contribution in [0.1, 0.15) is 34.5 Å². The van der Waals surface area contributed by atoms with Crippen molar-refractivity contribution >= 4 is 23.2 Å². The highest BCUT2D eigenvalue weighted by Gasteiger charge is 2.24. The van der Waals surface area contributed by atoms with Gasteiger partial charge in [-0.05, 0) is 43.8 Å². The fraction of sp³-hybridized carbons (Fsp3) is 0.333. The van der Waals surface area contributed by atoms with Gasteiger partial charge in [0.25, 0.3) is 5.91 Å². The van der Waals surface area contributed by atoms with Crippen LogP contribution in [-0.4, -0.2) is 47.0 Å². The van der Waals surface area contributed by atoms with Gasteiger partial charge in [-0.25, -0.2) is 0 Å². The molecule has 136 valence electrons. The van der Waals surface area contributed by atoms with Crippen molar-refractivity contribution in [2.75, 3.05) is 26.2 Å². The van der Waals surface area contributed by atoms with Crippen LogP contribution < -0.4 is 5.32 Å². The number of amides is 1. The maximum absolute atomic E-state index is 12.3. The largest absolute Gasteiger partial charge is 0.346 e. The molecule has 0 bridgehead atoms. The van der Waals surface area contributed by atoms with Crippen molar-refractivity contribution in [3.63, 3.8) is 0 Å². The van der Waals surface area contributed by atoms with Crippen LogP contribution in [-0.2, 0) is 0 Å². The second-order valence-corrected chi connectivity index (χ2v) is 7.12. The Balaban J connectivity index is 1.52. The molecule has 1 heterocycles. The van der Waals surface area contributed by atoms with Crippen molar-refractivity contribution in [1.82, 2.24) is 15.1 Å². The molecule has 1 aliphatic rings. The molecule has 1 N–H and O–H groups in total. The van der Waals surface area contributed by atoms with Gasteiger partial charge in [0, 0.05) is 37.8 Å². The smallest absolute Gasteiger partial charge is 0.257 e. The van der Waals surface area contributed by atoms with Gasteiger partial charge in [-0.15, -0.1) is 0 Å². The minimum atomic E-state index is -0.143. The van der Waals surface area contributed by atoms with E-state index in [0.29, 0.717) is 16.7 Å². The quantitative estimate of drug-likeness (QED) is 0.844. The molecule has 1 saturated heterocycles. The molecule has 0 saturated carbocycles. The van der Waals surface area contributed by atoms with Crippen molar-refractivity contribution in [3.05, 3.63) is 71.3 Å². The lowest BCUT2D eigenvalue weighted by Gasteiger charge is -2.39. The summed E-state index contributed by atoms with van der Waals surface area (Å²) in [7, 11) is 0. The molecule has 0 aromatic heterocycles. The van der Waals surface area contributed by atoms with Crippen LogP contribution in [0.4, 0.5) is 0 Å². The lowest BCUT2D eigenvalue weighted by Crippen LogP contribution is -2.53. The summed E-state index contributed by atoms with van der Waals surface area (Å²) in [6, 6.07) is 18.4. The van der Waals surface area contributed by atoms with E-state index in [9.17, 15) is 4.79 Å². The van der Waals surface area contributed by atoms with Crippen LogP contribution in [0, 0.1) is 6.92 Å². The van der Waals surface area contributed by atoms with E-state index >= 15 is 0 Å². The Hall–Kier alpha value is -2.24. The number of carbonyl (C=O) groups excluding carboxylic acids is 1. The van der Waals surface area contributed by atoms with Crippen molar-refractivity contribution in [3.8, 4) is 0 Å². The molecule has 26 heavy (non-hydrogen) atoms. The zero-order valence-electron chi connectivity index (χ0n) is 15.3. The molecule has 1 unspecified atom stereocenters. The zero-order valence-corrected chi connectivity index (χ0v) is 16.1. The highest BCUT2D eigenvalue weighted by molar-refractivity contribution is 7.80. The van der Waals surface area contributed by atoms with Gasteiger partial charge in [-0.3, -0.25) is 15.0 Å². The first kappa shape index (κ1) is 18.5. The van der Waals surface area contributed by atoms with E-state index in [-0.39, 0.29) is 5.91 Å². The molecule has 2 aromatic rings. The average molecular weight is 368 g/mol. The molecule has 5 heteroatoms. The highest BCUT2D eigenvalue weighted by atomic mass is 32.1. The van der Waals surface area contributed by atoms with Crippen LogP contribution in [0.15, 0.2) is 54.6 Å². The molecular formula is C21H25N3OS. The van der Waals surface area contributed by atoms with E-state index in [1.807, 2.05) is 37.3 Å². The lowest BCUT2D eigenvalue weighted by molar-refractivity contribution is 0.0965. The molecule has 1 amide bonds. The Kier molecular flexibility index (Phi) is 6.01. The van der Waals surface area contributed by atoms with Crippen molar-refractivity contribution < 1.29 is 4.79 Å². The van der Waals surface area contributed by atoms with Crippen LogP contribution in [0.2, 0.25) is 0 Å². The first-order chi connectivity index (χ1) is 12.5. The monoisotopic (exact) mass is 367 g/mol. The fourth-order valence-electron chi connectivity index (χ4n) is 3.21. The van der Waals surface area contributed by atoms with Gasteiger partial charge in [-0.2, -0.15) is 0 Å². The maximum Gasteiger partial charge on any atom is 0.257 e. The van der Waals surface area contributed by atoms with Crippen LogP contribution in [0.25, 0.3) is 0 Å². The summed E-state index contributed by atoms with van der Waals surface area (Å²) in [6.07, 6.45) is 0. The lowest BCUT2D eigenvalue weighted by atomic mass is 10.1. The summed E-state index contributed by atoms with van der Waals surface area (Å²) < 4.78 is 0. The summed E-state index contributed by atoms with van der Waals surface area (Å²) >= 11 is 5.45. The second kappa shape index (κ2) is 8.43. The molecule has 1 atom stereocenters. The number of nitrogens with one attached hydrogen (secondary N) is 1. The Morgan fingerprint density at radius 2 is 1.62 bits per heavy atom. The van der Waals surface area contributed by atoms with E-state index in [0.717, 1.165) is 31.7 Å². The van der Waals surface area contributed by atoms with Crippen molar-refractivity contribution in [1.29, 1.82) is 0 Å². The maximum atomic E-state index is 12.3. The van der Waals surface area contributed by atoms with Gasteiger partial charge in [0.2, 0.25) is 0 Å². The number of aryl methyl sites for hydroxylation is 1. The first-order valence-corrected chi connectivity index (χ1v) is 9.41. The molecule has 2 aromatic carbocycles. The third-order valence-corrected chi connectivity index (χ3v) is 5.33. The minimum absolute atomic E-state index is 0.143. The van der Waals surface area contributed by atoms with Crippen LogP contribution >= 0.6 is 12.2 Å². The van der Waals surface area contributed by atoms with Gasteiger partial charge < -0.3 is 4.90 Å². The van der Waals surface area contributed by atoms with E-state index in [1.165, 1.54) is 5.56 Å². The number of thiocarbonyl (C=S) groups is 1. The highest BCUT2D eigenvalue weighted by Crippen LogP contribution is 2.21. The number of hydrogen-bond acceptors (Lipinski definition) is 3. The normalized spacial score (nSPS) is 16.2. The fourth-order valence-corrected chi connectivity index (χ4v) is 3.48. The van der Waals surface area contributed by atoms with Gasteiger partial charge >= 0.3 is 0 Å². The topological polar surface area (TPSA) is 35.6 Å². The first-order valence-electron chi connectivity index (χ1n) is 9.00. The molecule has 4 nitrogen and oxygen atoms in total. The number of nitrogens with zero attached hydrogens (tertiary/aromatic N) is 2. The van der Waals surface area contributed by atoms with Crippen molar-refractivity contribution in [2.24, 2.45) is 0 Å². The standard InChI is InChI=1S/C21H25N3OS/c1-16-8-10-19(11-9-16)20(25)22-21(26)24-14-12-23(13-15-24)17(2)18-6-4-3-5-7-18/h3-11,17H,12-15H2,1-2H3,(H,22,25,26). The number of carbonyl (C=O) groups is 1. The Bertz CT molecular complexity index is 753. The van der Waals surface area contributed by atoms with E-state index in [4.69, 9.17) is 12.2 Å². The van der Waals surface area contributed by atoms with Crippen LogP contribution in [0.5, 0.6) is 0 Å². The molecule has 1 fully saturated rings. The average Bonchev–Trinajstić information content (AvgIpc) is 2.68. The van der Waals surface area contributed by atoms with E-state index in [2.05, 4.69) is 46.3 Å². The van der Waals surface area contributed by atoms with Crippen LogP contribution in [0.3, 0.4) is 0 Å². The number of piperazine rings is 1. The number of rotatable bonds is 3. The third-order valence-electron chi connectivity index (χ3n) is 4.97. The molecular weight excluding hydrogens is 342 g/mol. The van der Waals surface area contributed by atoms with Gasteiger partial charge in [0.1, 0.15) is 0 Å². The van der Waals surface area contributed by atoms with Gasteiger partial charge in [0.15, 0.2) is 5.11 Å².